The van der Waals surface area contributed by atoms with Crippen molar-refractivity contribution in [1.82, 2.24) is 4.90 Å². The van der Waals surface area contributed by atoms with Crippen LogP contribution in [0.3, 0.4) is 0 Å². The van der Waals surface area contributed by atoms with Crippen molar-refractivity contribution in [1.29, 1.82) is 0 Å². The van der Waals surface area contributed by atoms with Gasteiger partial charge in [-0.2, -0.15) is 0 Å². The fourth-order valence-corrected chi connectivity index (χ4v) is 1.97. The molecule has 92 valence electrons. The molecule has 1 aromatic carbocycles. The van der Waals surface area contributed by atoms with Gasteiger partial charge in [0.05, 0.1) is 20.3 Å². The van der Waals surface area contributed by atoms with Gasteiger partial charge in [-0.1, -0.05) is 6.07 Å². The second-order valence-electron chi connectivity index (χ2n) is 3.76. The van der Waals surface area contributed by atoms with Crippen LogP contribution in [0.4, 0.5) is 5.69 Å². The third kappa shape index (κ3) is 3.31. The molecule has 17 heavy (non-hydrogen) atoms. The molecule has 0 radical (unpaired) electrons. The zero-order chi connectivity index (χ0) is 12.1. The van der Waals surface area contributed by atoms with Crippen LogP contribution in [0.1, 0.15) is 0 Å². The molecule has 0 saturated carbocycles. The van der Waals surface area contributed by atoms with Crippen LogP contribution in [0.15, 0.2) is 24.3 Å². The Morgan fingerprint density at radius 3 is 2.88 bits per heavy atom. The first-order valence-corrected chi connectivity index (χ1v) is 5.98. The first kappa shape index (κ1) is 12.1. The van der Waals surface area contributed by atoms with Crippen LogP contribution in [-0.2, 0) is 4.74 Å². The first-order valence-electron chi connectivity index (χ1n) is 5.57. The van der Waals surface area contributed by atoms with E-state index in [9.17, 15) is 0 Å². The minimum absolute atomic E-state index is 0.736. The van der Waals surface area contributed by atoms with Crippen molar-refractivity contribution < 1.29 is 9.47 Å². The fraction of sp³-hybridized carbons (Fsp3) is 0.417. The molecular formula is C12H16N2O2S. The lowest BCUT2D eigenvalue weighted by molar-refractivity contribution is 0.0690. The number of rotatable bonds is 2. The molecule has 0 atom stereocenters. The highest BCUT2D eigenvalue weighted by Crippen LogP contribution is 2.17. The summed E-state index contributed by atoms with van der Waals surface area (Å²) < 4.78 is 10.5. The van der Waals surface area contributed by atoms with Crippen molar-refractivity contribution in [3.05, 3.63) is 24.3 Å². The van der Waals surface area contributed by atoms with E-state index < -0.39 is 0 Å². The molecule has 1 fully saturated rings. The molecule has 4 nitrogen and oxygen atoms in total. The highest BCUT2D eigenvalue weighted by atomic mass is 32.1. The number of hydrogen-bond acceptors (Lipinski definition) is 3. The van der Waals surface area contributed by atoms with Crippen molar-refractivity contribution in [3.63, 3.8) is 0 Å². The molecule has 0 spiro atoms. The third-order valence-electron chi connectivity index (χ3n) is 2.62. The summed E-state index contributed by atoms with van der Waals surface area (Å²) in [6.07, 6.45) is 0. The Hall–Kier alpha value is -1.33. The molecule has 2 rings (SSSR count). The van der Waals surface area contributed by atoms with E-state index in [1.807, 2.05) is 24.3 Å². The van der Waals surface area contributed by atoms with Crippen molar-refractivity contribution in [2.24, 2.45) is 0 Å². The Bertz CT molecular complexity index is 392. The first-order chi connectivity index (χ1) is 8.29. The van der Waals surface area contributed by atoms with Crippen molar-refractivity contribution >= 4 is 23.0 Å². The van der Waals surface area contributed by atoms with E-state index >= 15 is 0 Å². The lowest BCUT2D eigenvalue weighted by Crippen LogP contribution is -2.42. The number of morpholine rings is 1. The molecule has 1 heterocycles. The number of hydrogen-bond donors (Lipinski definition) is 1. The summed E-state index contributed by atoms with van der Waals surface area (Å²) in [5.41, 5.74) is 0.945. The number of methoxy groups -OCH3 is 1. The van der Waals surface area contributed by atoms with E-state index in [0.29, 0.717) is 0 Å². The number of nitrogens with one attached hydrogen (secondary N) is 1. The average Bonchev–Trinajstić information content (AvgIpc) is 2.40. The molecule has 0 unspecified atom stereocenters. The summed E-state index contributed by atoms with van der Waals surface area (Å²) >= 11 is 5.35. The van der Waals surface area contributed by atoms with E-state index in [0.717, 1.165) is 42.9 Å². The maximum atomic E-state index is 5.35. The Kier molecular flexibility index (Phi) is 4.17. The molecule has 0 bridgehead atoms. The van der Waals surface area contributed by atoms with E-state index in [1.165, 1.54) is 0 Å². The monoisotopic (exact) mass is 252 g/mol. The van der Waals surface area contributed by atoms with Crippen LogP contribution in [0.5, 0.6) is 5.75 Å². The highest BCUT2D eigenvalue weighted by Gasteiger charge is 2.13. The molecule has 1 aliphatic heterocycles. The number of anilines is 1. The third-order valence-corrected chi connectivity index (χ3v) is 2.98. The maximum absolute atomic E-state index is 5.35. The van der Waals surface area contributed by atoms with Gasteiger partial charge in [0.15, 0.2) is 5.11 Å². The van der Waals surface area contributed by atoms with Crippen LogP contribution < -0.4 is 10.1 Å². The fourth-order valence-electron chi connectivity index (χ4n) is 1.67. The quantitative estimate of drug-likeness (QED) is 0.811. The minimum Gasteiger partial charge on any atom is -0.497 e. The molecule has 0 aliphatic carbocycles. The van der Waals surface area contributed by atoms with Gasteiger partial charge in [0.25, 0.3) is 0 Å². The predicted molar refractivity (Wildman–Crippen MR) is 71.6 cm³/mol. The summed E-state index contributed by atoms with van der Waals surface area (Å²) in [6.45, 7) is 3.16. The molecule has 1 saturated heterocycles. The van der Waals surface area contributed by atoms with Gasteiger partial charge in [0, 0.05) is 24.8 Å². The molecule has 1 N–H and O–H groups in total. The van der Waals surface area contributed by atoms with Gasteiger partial charge in [-0.3, -0.25) is 0 Å². The minimum atomic E-state index is 0.736. The van der Waals surface area contributed by atoms with Crippen molar-refractivity contribution in [3.8, 4) is 5.75 Å². The van der Waals surface area contributed by atoms with Gasteiger partial charge in [-0.05, 0) is 24.4 Å². The Morgan fingerprint density at radius 1 is 1.41 bits per heavy atom. The lowest BCUT2D eigenvalue weighted by Gasteiger charge is -2.29. The smallest absolute Gasteiger partial charge is 0.173 e. The van der Waals surface area contributed by atoms with Crippen LogP contribution in [0.2, 0.25) is 0 Å². The molecule has 1 aliphatic rings. The van der Waals surface area contributed by atoms with Crippen LogP contribution in [0, 0.1) is 0 Å². The summed E-state index contributed by atoms with van der Waals surface area (Å²) in [4.78, 5) is 2.11. The average molecular weight is 252 g/mol. The summed E-state index contributed by atoms with van der Waals surface area (Å²) in [5, 5.41) is 3.95. The second-order valence-corrected chi connectivity index (χ2v) is 4.15. The largest absolute Gasteiger partial charge is 0.497 e. The van der Waals surface area contributed by atoms with E-state index in [2.05, 4.69) is 10.2 Å². The summed E-state index contributed by atoms with van der Waals surface area (Å²) in [7, 11) is 1.65. The molecule has 0 amide bonds. The van der Waals surface area contributed by atoms with Crippen LogP contribution >= 0.6 is 12.2 Å². The van der Waals surface area contributed by atoms with Gasteiger partial charge in [0.1, 0.15) is 5.75 Å². The molecule has 1 aromatic rings. The number of thiocarbonyl (C=S) groups is 1. The number of benzene rings is 1. The topological polar surface area (TPSA) is 33.7 Å². The Labute approximate surface area is 107 Å². The van der Waals surface area contributed by atoms with Gasteiger partial charge < -0.3 is 19.7 Å². The summed E-state index contributed by atoms with van der Waals surface area (Å²) in [6, 6.07) is 7.73. The normalized spacial score (nSPS) is 15.5. The molecule has 0 aromatic heterocycles. The van der Waals surface area contributed by atoms with Crippen molar-refractivity contribution in [2.45, 2.75) is 0 Å². The lowest BCUT2D eigenvalue weighted by atomic mass is 10.3. The predicted octanol–water partition coefficient (Wildman–Crippen LogP) is 1.72. The van der Waals surface area contributed by atoms with Gasteiger partial charge >= 0.3 is 0 Å². The van der Waals surface area contributed by atoms with E-state index in [-0.39, 0.29) is 0 Å². The Balaban J connectivity index is 1.96. The highest BCUT2D eigenvalue weighted by molar-refractivity contribution is 7.80. The zero-order valence-electron chi connectivity index (χ0n) is 9.81. The number of nitrogens with zero attached hydrogens (tertiary/aromatic N) is 1. The maximum Gasteiger partial charge on any atom is 0.173 e. The molecular weight excluding hydrogens is 236 g/mol. The van der Waals surface area contributed by atoms with Crippen molar-refractivity contribution in [2.75, 3.05) is 38.7 Å². The van der Waals surface area contributed by atoms with Crippen LogP contribution in [-0.4, -0.2) is 43.4 Å². The van der Waals surface area contributed by atoms with Crippen LogP contribution in [0.25, 0.3) is 0 Å². The summed E-state index contributed by atoms with van der Waals surface area (Å²) in [5.74, 6) is 0.819. The van der Waals surface area contributed by atoms with Gasteiger partial charge in [-0.15, -0.1) is 0 Å². The van der Waals surface area contributed by atoms with Gasteiger partial charge in [-0.25, -0.2) is 0 Å². The zero-order valence-corrected chi connectivity index (χ0v) is 10.6. The second kappa shape index (κ2) is 5.84. The number of ether oxygens (including phenoxy) is 2. The van der Waals surface area contributed by atoms with E-state index in [4.69, 9.17) is 21.7 Å². The molecule has 5 heteroatoms. The standard InChI is InChI=1S/C12H16N2O2S/c1-15-11-4-2-3-10(9-11)13-12(17)14-5-7-16-8-6-14/h2-4,9H,5-8H2,1H3,(H,13,17). The van der Waals surface area contributed by atoms with Gasteiger partial charge in [0.2, 0.25) is 0 Å². The Morgan fingerprint density at radius 2 is 2.18 bits per heavy atom. The van der Waals surface area contributed by atoms with E-state index in [1.54, 1.807) is 7.11 Å². The SMILES string of the molecule is COc1cccc(NC(=S)N2CCOCC2)c1.